The summed E-state index contributed by atoms with van der Waals surface area (Å²) in [7, 11) is 0. The molecule has 2 heterocycles. The van der Waals surface area contributed by atoms with Gasteiger partial charge in [0.1, 0.15) is 0 Å². The Kier molecular flexibility index (Phi) is 5.31. The third kappa shape index (κ3) is 4.59. The maximum Gasteiger partial charge on any atom is 0.253 e. The number of carbonyl (C=O) groups is 3. The third-order valence-electron chi connectivity index (χ3n) is 3.31. The summed E-state index contributed by atoms with van der Waals surface area (Å²) in [4.78, 5) is 35.4. The molecule has 112 valence electrons. The molecule has 0 bridgehead atoms. The van der Waals surface area contributed by atoms with Crippen molar-refractivity contribution in [2.45, 2.75) is 32.4 Å². The zero-order chi connectivity index (χ0) is 15.1. The fraction of sp³-hybridized carbons (Fsp3) is 0.400. The number of rotatable bonds is 8. The maximum atomic E-state index is 11.6. The van der Waals surface area contributed by atoms with E-state index >= 15 is 0 Å². The van der Waals surface area contributed by atoms with Gasteiger partial charge in [-0.25, -0.2) is 0 Å². The molecular formula is C15H19N3O3. The number of hydrogen-bond donors (Lipinski definition) is 1. The Morgan fingerprint density at radius 2 is 1.67 bits per heavy atom. The minimum absolute atomic E-state index is 0.0127. The molecular weight excluding hydrogens is 270 g/mol. The summed E-state index contributed by atoms with van der Waals surface area (Å²) in [6.45, 7) is 0.907. The van der Waals surface area contributed by atoms with E-state index in [4.69, 9.17) is 0 Å². The lowest BCUT2D eigenvalue weighted by atomic mass is 10.2. The van der Waals surface area contributed by atoms with Crippen molar-refractivity contribution >= 4 is 17.7 Å². The molecule has 1 aromatic heterocycles. The molecule has 0 radical (unpaired) electrons. The van der Waals surface area contributed by atoms with E-state index in [9.17, 15) is 14.4 Å². The van der Waals surface area contributed by atoms with Crippen LogP contribution in [-0.2, 0) is 21.1 Å². The third-order valence-corrected chi connectivity index (χ3v) is 3.31. The van der Waals surface area contributed by atoms with E-state index in [1.54, 1.807) is 0 Å². The van der Waals surface area contributed by atoms with Crippen LogP contribution in [0.4, 0.5) is 0 Å². The minimum atomic E-state index is -0.246. The Morgan fingerprint density at radius 1 is 1.00 bits per heavy atom. The van der Waals surface area contributed by atoms with Gasteiger partial charge in [-0.1, -0.05) is 6.42 Å². The Morgan fingerprint density at radius 3 is 2.33 bits per heavy atom. The van der Waals surface area contributed by atoms with Crippen LogP contribution in [0.5, 0.6) is 0 Å². The highest BCUT2D eigenvalue weighted by Gasteiger charge is 2.22. The largest absolute Gasteiger partial charge is 0.338 e. The fourth-order valence-electron chi connectivity index (χ4n) is 2.13. The molecule has 0 saturated heterocycles. The minimum Gasteiger partial charge on any atom is -0.338 e. The molecule has 1 aromatic rings. The van der Waals surface area contributed by atoms with Crippen molar-refractivity contribution in [2.75, 3.05) is 6.54 Å². The molecule has 2 rings (SSSR count). The van der Waals surface area contributed by atoms with Gasteiger partial charge in [0.15, 0.2) is 0 Å². The quantitative estimate of drug-likeness (QED) is 0.574. The summed E-state index contributed by atoms with van der Waals surface area (Å²) in [5, 5.41) is 2.83. The number of carbonyl (C=O) groups excluding carboxylic acids is 3. The van der Waals surface area contributed by atoms with Crippen molar-refractivity contribution in [3.63, 3.8) is 0 Å². The summed E-state index contributed by atoms with van der Waals surface area (Å²) in [6.07, 6.45) is 9.10. The Hall–Kier alpha value is -2.37. The van der Waals surface area contributed by atoms with Crippen LogP contribution in [-0.4, -0.2) is 33.7 Å². The van der Waals surface area contributed by atoms with Gasteiger partial charge in [-0.15, -0.1) is 0 Å². The van der Waals surface area contributed by atoms with Crippen LogP contribution in [0.25, 0.3) is 0 Å². The van der Waals surface area contributed by atoms with Crippen LogP contribution in [0, 0.1) is 0 Å². The molecule has 1 N–H and O–H groups in total. The molecule has 0 aliphatic carbocycles. The van der Waals surface area contributed by atoms with Crippen LogP contribution < -0.4 is 5.32 Å². The molecule has 6 nitrogen and oxygen atoms in total. The van der Waals surface area contributed by atoms with Crippen molar-refractivity contribution in [1.82, 2.24) is 14.8 Å². The van der Waals surface area contributed by atoms with Gasteiger partial charge in [0.05, 0.1) is 6.67 Å². The van der Waals surface area contributed by atoms with Crippen molar-refractivity contribution < 1.29 is 14.4 Å². The normalized spacial score (nSPS) is 14.0. The van der Waals surface area contributed by atoms with Crippen molar-refractivity contribution in [2.24, 2.45) is 0 Å². The van der Waals surface area contributed by atoms with Gasteiger partial charge >= 0.3 is 0 Å². The fourth-order valence-corrected chi connectivity index (χ4v) is 2.13. The second kappa shape index (κ2) is 7.42. The lowest BCUT2D eigenvalue weighted by Gasteiger charge is -2.13. The standard InChI is InChI=1S/C15H19N3O3/c19-13(16-12-17-9-4-5-10-17)6-2-1-3-11-18-14(20)7-8-15(18)21/h4-5,7-10H,1-3,6,11-12H2,(H,16,19). The topological polar surface area (TPSA) is 71.4 Å². The first kappa shape index (κ1) is 15.0. The molecule has 0 unspecified atom stereocenters. The van der Waals surface area contributed by atoms with Crippen LogP contribution >= 0.6 is 0 Å². The van der Waals surface area contributed by atoms with Crippen molar-refractivity contribution in [1.29, 1.82) is 0 Å². The van der Waals surface area contributed by atoms with Crippen molar-refractivity contribution in [3.05, 3.63) is 36.7 Å². The number of hydrogen-bond acceptors (Lipinski definition) is 3. The van der Waals surface area contributed by atoms with E-state index in [1.165, 1.54) is 17.1 Å². The lowest BCUT2D eigenvalue weighted by molar-refractivity contribution is -0.137. The monoisotopic (exact) mass is 289 g/mol. The summed E-state index contributed by atoms with van der Waals surface area (Å²) in [6, 6.07) is 3.81. The average molecular weight is 289 g/mol. The predicted molar refractivity (Wildman–Crippen MR) is 76.9 cm³/mol. The van der Waals surface area contributed by atoms with E-state index in [-0.39, 0.29) is 17.7 Å². The number of nitrogens with one attached hydrogen (secondary N) is 1. The maximum absolute atomic E-state index is 11.6. The van der Waals surface area contributed by atoms with E-state index < -0.39 is 0 Å². The smallest absolute Gasteiger partial charge is 0.253 e. The van der Waals surface area contributed by atoms with E-state index in [0.717, 1.165) is 19.3 Å². The van der Waals surface area contributed by atoms with Gasteiger partial charge in [0.2, 0.25) is 5.91 Å². The molecule has 1 aliphatic heterocycles. The second-order valence-electron chi connectivity index (χ2n) is 4.93. The zero-order valence-electron chi connectivity index (χ0n) is 11.8. The highest BCUT2D eigenvalue weighted by Crippen LogP contribution is 2.07. The first-order chi connectivity index (χ1) is 10.2. The molecule has 0 aromatic carbocycles. The van der Waals surface area contributed by atoms with Crippen LogP contribution in [0.2, 0.25) is 0 Å². The summed E-state index contributed by atoms with van der Waals surface area (Å²) >= 11 is 0. The first-order valence-corrected chi connectivity index (χ1v) is 7.08. The van der Waals surface area contributed by atoms with Crippen molar-refractivity contribution in [3.8, 4) is 0 Å². The molecule has 0 atom stereocenters. The molecule has 0 fully saturated rings. The predicted octanol–water partition coefficient (Wildman–Crippen LogP) is 1.05. The Labute approximate surface area is 123 Å². The van der Waals surface area contributed by atoms with Gasteiger partial charge in [-0.2, -0.15) is 0 Å². The summed E-state index contributed by atoms with van der Waals surface area (Å²) in [5.74, 6) is -0.479. The highest BCUT2D eigenvalue weighted by molar-refractivity contribution is 6.12. The summed E-state index contributed by atoms with van der Waals surface area (Å²) < 4.78 is 1.88. The second-order valence-corrected chi connectivity index (χ2v) is 4.93. The first-order valence-electron chi connectivity index (χ1n) is 7.08. The SMILES string of the molecule is O=C(CCCCCN1C(=O)C=CC1=O)NCn1cccc1. The van der Waals surface area contributed by atoms with E-state index in [0.29, 0.717) is 19.6 Å². The molecule has 3 amide bonds. The van der Waals surface area contributed by atoms with Crippen LogP contribution in [0.3, 0.4) is 0 Å². The Bertz CT molecular complexity index is 516. The molecule has 21 heavy (non-hydrogen) atoms. The van der Waals surface area contributed by atoms with Crippen LogP contribution in [0.15, 0.2) is 36.7 Å². The van der Waals surface area contributed by atoms with E-state index in [1.807, 2.05) is 29.1 Å². The number of amides is 3. The molecule has 6 heteroatoms. The Balaban J connectivity index is 1.52. The number of unbranched alkanes of at least 4 members (excludes halogenated alkanes) is 2. The number of nitrogens with zero attached hydrogens (tertiary/aromatic N) is 2. The van der Waals surface area contributed by atoms with Crippen LogP contribution in [0.1, 0.15) is 25.7 Å². The number of aromatic nitrogens is 1. The van der Waals surface area contributed by atoms with Gasteiger partial charge in [0, 0.05) is 37.5 Å². The number of imide groups is 1. The summed E-state index contributed by atoms with van der Waals surface area (Å²) in [5.41, 5.74) is 0. The zero-order valence-corrected chi connectivity index (χ0v) is 11.8. The van der Waals surface area contributed by atoms with Gasteiger partial charge in [0.25, 0.3) is 11.8 Å². The highest BCUT2D eigenvalue weighted by atomic mass is 16.2. The molecule has 1 aliphatic rings. The molecule has 0 saturated carbocycles. The molecule has 0 spiro atoms. The van der Waals surface area contributed by atoms with Gasteiger partial charge in [-0.05, 0) is 25.0 Å². The van der Waals surface area contributed by atoms with E-state index in [2.05, 4.69) is 5.32 Å². The van der Waals surface area contributed by atoms with Gasteiger partial charge in [-0.3, -0.25) is 19.3 Å². The average Bonchev–Trinajstić information content (AvgIpc) is 3.09. The lowest BCUT2D eigenvalue weighted by Crippen LogP contribution is -2.30. The van der Waals surface area contributed by atoms with Gasteiger partial charge < -0.3 is 9.88 Å².